The maximum absolute atomic E-state index is 5.93. The second-order valence-electron chi connectivity index (χ2n) is 4.64. The first-order chi connectivity index (χ1) is 8.09. The first-order valence-corrected chi connectivity index (χ1v) is 7.39. The maximum Gasteiger partial charge on any atom is 0.0914 e. The van der Waals surface area contributed by atoms with Crippen molar-refractivity contribution < 1.29 is 9.47 Å². The predicted octanol–water partition coefficient (Wildman–Crippen LogP) is 3.99. The topological polar surface area (TPSA) is 18.5 Å². The summed E-state index contributed by atoms with van der Waals surface area (Å²) in [6.45, 7) is 4.89. The van der Waals surface area contributed by atoms with E-state index in [1.165, 1.54) is 5.56 Å². The number of hydrogen-bond donors (Lipinski definition) is 0. The summed E-state index contributed by atoms with van der Waals surface area (Å²) in [5, 5.41) is 0. The summed E-state index contributed by atoms with van der Waals surface area (Å²) in [4.78, 5) is 0. The van der Waals surface area contributed by atoms with Gasteiger partial charge in [-0.3, -0.25) is 0 Å². The molecule has 0 amide bonds. The smallest absolute Gasteiger partial charge is 0.0914 e. The van der Waals surface area contributed by atoms with E-state index in [9.17, 15) is 0 Å². The first kappa shape index (κ1) is 14.9. The summed E-state index contributed by atoms with van der Waals surface area (Å²) in [6.07, 6.45) is 1.09. The number of alkyl halides is 1. The Labute approximate surface area is 118 Å². The summed E-state index contributed by atoms with van der Waals surface area (Å²) in [6, 6.07) is 10.4. The fourth-order valence-electron chi connectivity index (χ4n) is 1.45. The van der Waals surface area contributed by atoms with Crippen LogP contribution in [0.1, 0.15) is 31.9 Å². The lowest BCUT2D eigenvalue weighted by atomic mass is 10.1. The van der Waals surface area contributed by atoms with Crippen LogP contribution in [0.25, 0.3) is 0 Å². The van der Waals surface area contributed by atoms with Crippen molar-refractivity contribution in [1.29, 1.82) is 0 Å². The van der Waals surface area contributed by atoms with Crippen LogP contribution in [0.2, 0.25) is 0 Å². The fourth-order valence-corrected chi connectivity index (χ4v) is 2.21. The molecule has 3 heteroatoms. The molecule has 0 saturated carbocycles. The van der Waals surface area contributed by atoms with E-state index in [2.05, 4.69) is 60.7 Å². The molecule has 0 aliphatic heterocycles. The van der Waals surface area contributed by atoms with Crippen molar-refractivity contribution in [2.45, 2.75) is 32.0 Å². The Balaban J connectivity index is 2.44. The molecule has 1 aromatic rings. The third-order valence-electron chi connectivity index (χ3n) is 2.89. The van der Waals surface area contributed by atoms with Crippen LogP contribution in [0, 0.1) is 0 Å². The van der Waals surface area contributed by atoms with Crippen LogP contribution in [0.5, 0.6) is 0 Å². The predicted molar refractivity (Wildman–Crippen MR) is 79.7 cm³/mol. The van der Waals surface area contributed by atoms with Gasteiger partial charge in [0.05, 0.1) is 18.3 Å². The fraction of sp³-hybridized carbons (Fsp3) is 0.571. The van der Waals surface area contributed by atoms with E-state index in [0.717, 1.165) is 17.5 Å². The molecule has 0 N–H and O–H groups in total. The Kier molecular flexibility index (Phi) is 6.44. The molecule has 1 aromatic carbocycles. The van der Waals surface area contributed by atoms with E-state index in [0.29, 0.717) is 0 Å². The van der Waals surface area contributed by atoms with Crippen molar-refractivity contribution in [3.8, 4) is 0 Å². The average Bonchev–Trinajstić information content (AvgIpc) is 2.36. The van der Waals surface area contributed by atoms with Gasteiger partial charge in [-0.05, 0) is 25.8 Å². The highest BCUT2D eigenvalue weighted by Crippen LogP contribution is 2.21. The van der Waals surface area contributed by atoms with Crippen LogP contribution >= 0.6 is 22.6 Å². The van der Waals surface area contributed by atoms with Crippen molar-refractivity contribution in [1.82, 2.24) is 0 Å². The molecule has 0 spiro atoms. The largest absolute Gasteiger partial charge is 0.379 e. The summed E-state index contributed by atoms with van der Waals surface area (Å²) < 4.78 is 12.3. The molecule has 0 bridgehead atoms. The molecular formula is C14H21IO2. The number of benzene rings is 1. The highest BCUT2D eigenvalue weighted by Gasteiger charge is 2.17. The molecule has 0 heterocycles. The molecule has 0 radical (unpaired) electrons. The van der Waals surface area contributed by atoms with Crippen LogP contribution in [0.15, 0.2) is 30.3 Å². The van der Waals surface area contributed by atoms with Gasteiger partial charge in [-0.25, -0.2) is 0 Å². The number of ether oxygens (including phenoxy) is 2. The van der Waals surface area contributed by atoms with E-state index in [-0.39, 0.29) is 11.7 Å². The zero-order valence-corrected chi connectivity index (χ0v) is 12.9. The third kappa shape index (κ3) is 5.36. The second kappa shape index (κ2) is 7.34. The summed E-state index contributed by atoms with van der Waals surface area (Å²) in [7, 11) is 1.74. The molecule has 0 fully saturated rings. The van der Waals surface area contributed by atoms with Gasteiger partial charge in [-0.15, -0.1) is 0 Å². The van der Waals surface area contributed by atoms with Crippen LogP contribution in [-0.2, 0) is 9.47 Å². The zero-order chi connectivity index (χ0) is 12.7. The maximum atomic E-state index is 5.93. The standard InChI is InChI=1S/C14H21IO2/c1-14(2,16-3)9-10-17-13(11-15)12-7-5-4-6-8-12/h4-8,13H,9-11H2,1-3H3. The lowest BCUT2D eigenvalue weighted by Gasteiger charge is -2.24. The van der Waals surface area contributed by atoms with E-state index >= 15 is 0 Å². The van der Waals surface area contributed by atoms with E-state index in [1.54, 1.807) is 7.11 Å². The van der Waals surface area contributed by atoms with Crippen LogP contribution in [0.4, 0.5) is 0 Å². The zero-order valence-electron chi connectivity index (χ0n) is 10.8. The number of halogens is 1. The average molecular weight is 348 g/mol. The van der Waals surface area contributed by atoms with Crippen molar-refractivity contribution in [3.63, 3.8) is 0 Å². The van der Waals surface area contributed by atoms with Crippen LogP contribution in [-0.4, -0.2) is 23.7 Å². The van der Waals surface area contributed by atoms with Gasteiger partial charge in [0.2, 0.25) is 0 Å². The van der Waals surface area contributed by atoms with Crippen LogP contribution < -0.4 is 0 Å². The molecule has 0 aliphatic rings. The van der Waals surface area contributed by atoms with Crippen LogP contribution in [0.3, 0.4) is 0 Å². The van der Waals surface area contributed by atoms with Gasteiger partial charge in [0.15, 0.2) is 0 Å². The van der Waals surface area contributed by atoms with E-state index in [1.807, 2.05) is 6.07 Å². The summed E-state index contributed by atoms with van der Waals surface area (Å²) >= 11 is 2.37. The highest BCUT2D eigenvalue weighted by atomic mass is 127. The summed E-state index contributed by atoms with van der Waals surface area (Å²) in [5.41, 5.74) is 1.14. The molecule has 0 aromatic heterocycles. The van der Waals surface area contributed by atoms with Gasteiger partial charge < -0.3 is 9.47 Å². The Hall–Kier alpha value is -0.130. The highest BCUT2D eigenvalue weighted by molar-refractivity contribution is 14.1. The minimum Gasteiger partial charge on any atom is -0.379 e. The normalized spacial score (nSPS) is 13.6. The van der Waals surface area contributed by atoms with Gasteiger partial charge in [-0.2, -0.15) is 0 Å². The SMILES string of the molecule is COC(C)(C)CCOC(CI)c1ccccc1. The number of rotatable bonds is 7. The first-order valence-electron chi connectivity index (χ1n) is 5.87. The van der Waals surface area contributed by atoms with Gasteiger partial charge in [0.1, 0.15) is 0 Å². The van der Waals surface area contributed by atoms with Crippen molar-refractivity contribution in [3.05, 3.63) is 35.9 Å². The van der Waals surface area contributed by atoms with E-state index in [4.69, 9.17) is 9.47 Å². The second-order valence-corrected chi connectivity index (χ2v) is 5.52. The van der Waals surface area contributed by atoms with Gasteiger partial charge in [0.25, 0.3) is 0 Å². The molecule has 96 valence electrons. The minimum absolute atomic E-state index is 0.105. The Morgan fingerprint density at radius 3 is 2.41 bits per heavy atom. The number of methoxy groups -OCH3 is 1. The monoisotopic (exact) mass is 348 g/mol. The number of hydrogen-bond acceptors (Lipinski definition) is 2. The lowest BCUT2D eigenvalue weighted by molar-refractivity contribution is -0.0225. The van der Waals surface area contributed by atoms with Crippen molar-refractivity contribution >= 4 is 22.6 Å². The molecule has 17 heavy (non-hydrogen) atoms. The quantitative estimate of drug-likeness (QED) is 0.548. The molecule has 1 unspecified atom stereocenters. The molecule has 0 aliphatic carbocycles. The molecule has 1 atom stereocenters. The Morgan fingerprint density at radius 1 is 1.24 bits per heavy atom. The van der Waals surface area contributed by atoms with Crippen molar-refractivity contribution in [2.24, 2.45) is 0 Å². The molecule has 0 saturated heterocycles. The van der Waals surface area contributed by atoms with Crippen molar-refractivity contribution in [2.75, 3.05) is 18.1 Å². The minimum atomic E-state index is -0.105. The summed E-state index contributed by atoms with van der Waals surface area (Å²) in [5.74, 6) is 0. The third-order valence-corrected chi connectivity index (χ3v) is 3.69. The molecular weight excluding hydrogens is 327 g/mol. The van der Waals surface area contributed by atoms with Gasteiger partial charge in [-0.1, -0.05) is 52.9 Å². The molecule has 2 nitrogen and oxygen atoms in total. The Morgan fingerprint density at radius 2 is 1.88 bits per heavy atom. The van der Waals surface area contributed by atoms with Gasteiger partial charge in [0, 0.05) is 11.5 Å². The lowest BCUT2D eigenvalue weighted by Crippen LogP contribution is -2.25. The van der Waals surface area contributed by atoms with Gasteiger partial charge >= 0.3 is 0 Å². The Bertz CT molecular complexity index is 311. The molecule has 1 rings (SSSR count). The van der Waals surface area contributed by atoms with E-state index < -0.39 is 0 Å².